The summed E-state index contributed by atoms with van der Waals surface area (Å²) in [6, 6.07) is 28.7. The van der Waals surface area contributed by atoms with Crippen molar-refractivity contribution in [3.63, 3.8) is 0 Å². The second-order valence-corrected chi connectivity index (χ2v) is 8.09. The first-order valence-electron chi connectivity index (χ1n) is 11.2. The first-order valence-corrected chi connectivity index (χ1v) is 11.2. The number of aromatic nitrogens is 4. The maximum Gasteiger partial charge on any atom is 0.160 e. The molecular weight excluding hydrogens is 436 g/mol. The SMILES string of the molecule is Oc1ccc2ccccc2c1/N=N/c1ccc2c(c1)nc(-c1ccccn1)n2Cc1ccccn1. The van der Waals surface area contributed by atoms with E-state index in [2.05, 4.69) is 24.8 Å². The molecule has 6 rings (SSSR count). The zero-order valence-corrected chi connectivity index (χ0v) is 18.7. The first kappa shape index (κ1) is 20.7. The number of phenolic OH excluding ortho intramolecular Hbond substituents is 1. The predicted octanol–water partition coefficient (Wildman–Crippen LogP) is 6.82. The topological polar surface area (TPSA) is 88.5 Å². The number of imidazole rings is 1. The summed E-state index contributed by atoms with van der Waals surface area (Å²) in [5.41, 5.74) is 4.52. The van der Waals surface area contributed by atoms with Crippen molar-refractivity contribution in [3.8, 4) is 17.3 Å². The van der Waals surface area contributed by atoms with Gasteiger partial charge in [0.2, 0.25) is 0 Å². The van der Waals surface area contributed by atoms with E-state index in [1.165, 1.54) is 0 Å². The molecule has 0 radical (unpaired) electrons. The van der Waals surface area contributed by atoms with E-state index in [0.717, 1.165) is 39.0 Å². The lowest BCUT2D eigenvalue weighted by atomic mass is 10.1. The third kappa shape index (κ3) is 4.00. The number of azo groups is 1. The highest BCUT2D eigenvalue weighted by atomic mass is 16.3. The fraction of sp³-hybridized carbons (Fsp3) is 0.0357. The van der Waals surface area contributed by atoms with Gasteiger partial charge in [-0.2, -0.15) is 5.11 Å². The van der Waals surface area contributed by atoms with Crippen molar-refractivity contribution >= 4 is 33.2 Å². The Hall–Kier alpha value is -4.91. The monoisotopic (exact) mass is 456 g/mol. The minimum absolute atomic E-state index is 0.0885. The number of aromatic hydroxyl groups is 1. The van der Waals surface area contributed by atoms with Crippen molar-refractivity contribution in [1.82, 2.24) is 19.5 Å². The Kier molecular flexibility index (Phi) is 5.20. The van der Waals surface area contributed by atoms with Gasteiger partial charge in [-0.25, -0.2) is 4.98 Å². The minimum Gasteiger partial charge on any atom is -0.506 e. The molecule has 0 fully saturated rings. The summed E-state index contributed by atoms with van der Waals surface area (Å²) < 4.78 is 2.11. The van der Waals surface area contributed by atoms with Crippen LogP contribution in [-0.2, 0) is 6.54 Å². The van der Waals surface area contributed by atoms with Crippen LogP contribution in [0, 0.1) is 0 Å². The second-order valence-electron chi connectivity index (χ2n) is 8.09. The van der Waals surface area contributed by atoms with E-state index < -0.39 is 0 Å². The van der Waals surface area contributed by atoms with Crippen LogP contribution in [0.5, 0.6) is 5.75 Å². The van der Waals surface area contributed by atoms with Crippen molar-refractivity contribution in [3.05, 3.63) is 109 Å². The van der Waals surface area contributed by atoms with Crippen molar-refractivity contribution in [2.24, 2.45) is 10.2 Å². The van der Waals surface area contributed by atoms with Crippen LogP contribution in [0.1, 0.15) is 5.69 Å². The normalized spacial score (nSPS) is 11.5. The molecule has 35 heavy (non-hydrogen) atoms. The van der Waals surface area contributed by atoms with Crippen molar-refractivity contribution in [2.45, 2.75) is 6.54 Å². The van der Waals surface area contributed by atoms with Gasteiger partial charge >= 0.3 is 0 Å². The van der Waals surface area contributed by atoms with Gasteiger partial charge in [-0.1, -0.05) is 42.5 Å². The van der Waals surface area contributed by atoms with Crippen LogP contribution in [0.3, 0.4) is 0 Å². The molecule has 6 aromatic rings. The van der Waals surface area contributed by atoms with Crippen molar-refractivity contribution < 1.29 is 5.11 Å². The van der Waals surface area contributed by atoms with Gasteiger partial charge in [0.1, 0.15) is 17.1 Å². The summed E-state index contributed by atoms with van der Waals surface area (Å²) in [5.74, 6) is 0.845. The summed E-state index contributed by atoms with van der Waals surface area (Å²) >= 11 is 0. The van der Waals surface area contributed by atoms with Gasteiger partial charge in [0.15, 0.2) is 5.82 Å². The summed E-state index contributed by atoms with van der Waals surface area (Å²) in [7, 11) is 0. The number of fused-ring (bicyclic) bond motifs is 2. The van der Waals surface area contributed by atoms with E-state index in [0.29, 0.717) is 17.9 Å². The molecule has 0 bridgehead atoms. The molecule has 0 saturated carbocycles. The van der Waals surface area contributed by atoms with Crippen molar-refractivity contribution in [2.75, 3.05) is 0 Å². The van der Waals surface area contributed by atoms with Crippen LogP contribution in [0.25, 0.3) is 33.3 Å². The second kappa shape index (κ2) is 8.79. The minimum atomic E-state index is 0.0885. The largest absolute Gasteiger partial charge is 0.506 e. The first-order chi connectivity index (χ1) is 17.3. The molecule has 0 saturated heterocycles. The van der Waals surface area contributed by atoms with Crippen LogP contribution < -0.4 is 0 Å². The maximum absolute atomic E-state index is 10.4. The molecule has 7 heteroatoms. The molecule has 1 N–H and O–H groups in total. The van der Waals surface area contributed by atoms with E-state index in [1.54, 1.807) is 18.5 Å². The van der Waals surface area contributed by atoms with E-state index in [4.69, 9.17) is 4.98 Å². The molecule has 168 valence electrons. The van der Waals surface area contributed by atoms with Crippen LogP contribution in [-0.4, -0.2) is 24.6 Å². The van der Waals surface area contributed by atoms with Gasteiger partial charge in [-0.3, -0.25) is 9.97 Å². The Morgan fingerprint density at radius 2 is 1.60 bits per heavy atom. The van der Waals surface area contributed by atoms with E-state index in [1.807, 2.05) is 84.9 Å². The lowest BCUT2D eigenvalue weighted by molar-refractivity contribution is 0.477. The van der Waals surface area contributed by atoms with E-state index in [-0.39, 0.29) is 5.75 Å². The lowest BCUT2D eigenvalue weighted by Gasteiger charge is -2.08. The van der Waals surface area contributed by atoms with Crippen LogP contribution in [0.15, 0.2) is 114 Å². The Morgan fingerprint density at radius 3 is 2.43 bits per heavy atom. The Labute approximate surface area is 201 Å². The number of nitrogens with zero attached hydrogens (tertiary/aromatic N) is 6. The summed E-state index contributed by atoms with van der Waals surface area (Å²) in [6.45, 7) is 0.563. The average Bonchev–Trinajstić information content (AvgIpc) is 3.26. The van der Waals surface area contributed by atoms with E-state index in [9.17, 15) is 5.11 Å². The van der Waals surface area contributed by atoms with Crippen LogP contribution >= 0.6 is 0 Å². The standard InChI is InChI=1S/C28H20N6O/c35-26-14-11-19-7-1-2-9-22(19)27(26)33-32-20-12-13-25-24(17-20)31-28(23-10-4-6-16-30-23)34(25)18-21-8-3-5-15-29-21/h1-17,35H,18H2/b33-32+. The molecule has 3 aromatic carbocycles. The molecule has 0 aliphatic heterocycles. The molecule has 0 amide bonds. The average molecular weight is 457 g/mol. The van der Waals surface area contributed by atoms with Gasteiger partial charge in [-0.15, -0.1) is 5.11 Å². The number of benzene rings is 3. The number of pyridine rings is 2. The predicted molar refractivity (Wildman–Crippen MR) is 136 cm³/mol. The fourth-order valence-corrected chi connectivity index (χ4v) is 4.14. The summed E-state index contributed by atoms with van der Waals surface area (Å²) in [5, 5.41) is 21.0. The molecular formula is C28H20N6O. The van der Waals surface area contributed by atoms with Crippen molar-refractivity contribution in [1.29, 1.82) is 0 Å². The van der Waals surface area contributed by atoms with Gasteiger partial charge in [0.25, 0.3) is 0 Å². The molecule has 0 unspecified atom stereocenters. The van der Waals surface area contributed by atoms with Gasteiger partial charge in [0, 0.05) is 17.8 Å². The Bertz CT molecular complexity index is 1680. The molecule has 3 heterocycles. The number of rotatable bonds is 5. The molecule has 0 atom stereocenters. The zero-order valence-electron chi connectivity index (χ0n) is 18.7. The van der Waals surface area contributed by atoms with Crippen LogP contribution in [0.4, 0.5) is 11.4 Å². The summed E-state index contributed by atoms with van der Waals surface area (Å²) in [6.07, 6.45) is 3.55. The maximum atomic E-state index is 10.4. The lowest BCUT2D eigenvalue weighted by Crippen LogP contribution is -2.04. The summed E-state index contributed by atoms with van der Waals surface area (Å²) in [4.78, 5) is 13.9. The highest BCUT2D eigenvalue weighted by Crippen LogP contribution is 2.36. The quantitative estimate of drug-likeness (QED) is 0.288. The third-order valence-corrected chi connectivity index (χ3v) is 5.82. The zero-order chi connectivity index (χ0) is 23.6. The highest BCUT2D eigenvalue weighted by molar-refractivity contribution is 5.95. The van der Waals surface area contributed by atoms with E-state index >= 15 is 0 Å². The number of hydrogen-bond donors (Lipinski definition) is 1. The fourth-order valence-electron chi connectivity index (χ4n) is 4.14. The van der Waals surface area contributed by atoms with Gasteiger partial charge in [0.05, 0.1) is 29.0 Å². The number of hydrogen-bond acceptors (Lipinski definition) is 6. The van der Waals surface area contributed by atoms with Crippen LogP contribution in [0.2, 0.25) is 0 Å². The Balaban J connectivity index is 1.43. The smallest absolute Gasteiger partial charge is 0.160 e. The molecule has 7 nitrogen and oxygen atoms in total. The molecule has 0 aliphatic carbocycles. The van der Waals surface area contributed by atoms with Gasteiger partial charge in [-0.05, 0) is 53.9 Å². The van der Waals surface area contributed by atoms with Gasteiger partial charge < -0.3 is 9.67 Å². The number of phenols is 1. The highest BCUT2D eigenvalue weighted by Gasteiger charge is 2.15. The third-order valence-electron chi connectivity index (χ3n) is 5.82. The molecule has 3 aromatic heterocycles. The molecule has 0 spiro atoms. The Morgan fingerprint density at radius 1 is 0.771 bits per heavy atom. The molecule has 0 aliphatic rings.